The van der Waals surface area contributed by atoms with Crippen LogP contribution in [0.4, 0.5) is 4.39 Å². The van der Waals surface area contributed by atoms with Gasteiger partial charge in [-0.15, -0.1) is 11.3 Å². The number of ether oxygens (including phenoxy) is 1. The van der Waals surface area contributed by atoms with Crippen LogP contribution in [0, 0.1) is 5.82 Å². The molecular formula is C15H15FO2S. The quantitative estimate of drug-likeness (QED) is 0.765. The molecule has 100 valence electrons. The van der Waals surface area contributed by atoms with Gasteiger partial charge in [-0.1, -0.05) is 6.92 Å². The molecule has 2 nitrogen and oxygen atoms in total. The molecule has 0 aliphatic carbocycles. The topological polar surface area (TPSA) is 26.3 Å². The van der Waals surface area contributed by atoms with Gasteiger partial charge >= 0.3 is 0 Å². The molecular weight excluding hydrogens is 263 g/mol. The minimum absolute atomic E-state index is 0.199. The van der Waals surface area contributed by atoms with Gasteiger partial charge in [0.1, 0.15) is 18.2 Å². The Morgan fingerprint density at radius 1 is 1.26 bits per heavy atom. The number of Topliss-reactive ketones (excluding diaryl/α,β-unsaturated/α-hetero) is 1. The van der Waals surface area contributed by atoms with Crippen LogP contribution in [0.3, 0.4) is 0 Å². The minimum Gasteiger partial charge on any atom is -0.487 e. The lowest BCUT2D eigenvalue weighted by atomic mass is 10.1. The van der Waals surface area contributed by atoms with Gasteiger partial charge < -0.3 is 4.74 Å². The summed E-state index contributed by atoms with van der Waals surface area (Å²) in [6.45, 7) is 3.91. The standard InChI is InChI=1S/C15H15FO2S/c1-3-12-5-6-13(19-12)9-18-15-7-4-11(16)8-14(15)10(2)17/h4-8H,3,9H2,1-2H3. The van der Waals surface area contributed by atoms with E-state index in [1.807, 2.05) is 6.07 Å². The predicted octanol–water partition coefficient (Wildman–Crippen LogP) is 4.23. The number of rotatable bonds is 5. The molecule has 0 radical (unpaired) electrons. The van der Waals surface area contributed by atoms with E-state index in [0.717, 1.165) is 11.3 Å². The van der Waals surface area contributed by atoms with E-state index < -0.39 is 5.82 Å². The Hall–Kier alpha value is -1.68. The number of benzene rings is 1. The van der Waals surface area contributed by atoms with Gasteiger partial charge in [0.25, 0.3) is 0 Å². The summed E-state index contributed by atoms with van der Waals surface area (Å²) < 4.78 is 18.7. The molecule has 0 unspecified atom stereocenters. The van der Waals surface area contributed by atoms with Gasteiger partial charge in [-0.2, -0.15) is 0 Å². The normalized spacial score (nSPS) is 10.5. The van der Waals surface area contributed by atoms with Crippen LogP contribution in [0.25, 0.3) is 0 Å². The smallest absolute Gasteiger partial charge is 0.163 e. The highest BCUT2D eigenvalue weighted by Gasteiger charge is 2.10. The maximum Gasteiger partial charge on any atom is 0.163 e. The molecule has 0 bridgehead atoms. The van der Waals surface area contributed by atoms with Gasteiger partial charge in [-0.25, -0.2) is 4.39 Å². The number of ketones is 1. The Kier molecular flexibility index (Phi) is 4.32. The number of hydrogen-bond acceptors (Lipinski definition) is 3. The summed E-state index contributed by atoms with van der Waals surface area (Å²) in [4.78, 5) is 13.8. The van der Waals surface area contributed by atoms with Crippen LogP contribution in [0.5, 0.6) is 5.75 Å². The summed E-state index contributed by atoms with van der Waals surface area (Å²) in [5.41, 5.74) is 0.285. The van der Waals surface area contributed by atoms with Crippen molar-refractivity contribution in [3.05, 3.63) is 51.5 Å². The third kappa shape index (κ3) is 3.41. The molecule has 1 aromatic heterocycles. The van der Waals surface area contributed by atoms with Crippen LogP contribution >= 0.6 is 11.3 Å². The lowest BCUT2D eigenvalue weighted by Crippen LogP contribution is -2.01. The van der Waals surface area contributed by atoms with Crippen LogP contribution in [-0.2, 0) is 13.0 Å². The molecule has 1 heterocycles. The van der Waals surface area contributed by atoms with Crippen LogP contribution < -0.4 is 4.74 Å². The minimum atomic E-state index is -0.429. The van der Waals surface area contributed by atoms with Gasteiger partial charge in [0.2, 0.25) is 0 Å². The molecule has 0 saturated carbocycles. The number of thiophene rings is 1. The van der Waals surface area contributed by atoms with E-state index in [0.29, 0.717) is 12.4 Å². The maximum atomic E-state index is 13.1. The third-order valence-electron chi connectivity index (χ3n) is 2.76. The SMILES string of the molecule is CCc1ccc(COc2ccc(F)cc2C(C)=O)s1. The zero-order valence-electron chi connectivity index (χ0n) is 10.9. The Morgan fingerprint density at radius 3 is 2.63 bits per heavy atom. The first-order valence-corrected chi connectivity index (χ1v) is 6.92. The van der Waals surface area contributed by atoms with Crippen LogP contribution in [-0.4, -0.2) is 5.78 Å². The van der Waals surface area contributed by atoms with Crippen molar-refractivity contribution in [2.45, 2.75) is 26.9 Å². The van der Waals surface area contributed by atoms with Crippen molar-refractivity contribution in [1.29, 1.82) is 0 Å². The van der Waals surface area contributed by atoms with Crippen molar-refractivity contribution >= 4 is 17.1 Å². The van der Waals surface area contributed by atoms with E-state index >= 15 is 0 Å². The van der Waals surface area contributed by atoms with Gasteiger partial charge in [0.15, 0.2) is 5.78 Å². The first-order chi connectivity index (χ1) is 9.10. The fourth-order valence-corrected chi connectivity index (χ4v) is 2.61. The second-order valence-corrected chi connectivity index (χ2v) is 5.46. The first kappa shape index (κ1) is 13.7. The van der Waals surface area contributed by atoms with Crippen LogP contribution in [0.1, 0.15) is 34.0 Å². The second-order valence-electron chi connectivity index (χ2n) is 4.21. The molecule has 19 heavy (non-hydrogen) atoms. The van der Waals surface area contributed by atoms with Gasteiger partial charge in [-0.05, 0) is 43.7 Å². The molecule has 0 aliphatic heterocycles. The van der Waals surface area contributed by atoms with Gasteiger partial charge in [0, 0.05) is 9.75 Å². The predicted molar refractivity (Wildman–Crippen MR) is 74.4 cm³/mol. The largest absolute Gasteiger partial charge is 0.487 e. The average Bonchev–Trinajstić information content (AvgIpc) is 2.85. The zero-order valence-corrected chi connectivity index (χ0v) is 11.7. The van der Waals surface area contributed by atoms with Crippen LogP contribution in [0.2, 0.25) is 0 Å². The molecule has 0 spiro atoms. The summed E-state index contributed by atoms with van der Waals surface area (Å²) >= 11 is 1.69. The second kappa shape index (κ2) is 5.97. The van der Waals surface area contributed by atoms with E-state index in [2.05, 4.69) is 13.0 Å². The number of carbonyl (C=O) groups is 1. The highest BCUT2D eigenvalue weighted by molar-refractivity contribution is 7.11. The molecule has 2 aromatic rings. The first-order valence-electron chi connectivity index (χ1n) is 6.11. The molecule has 0 saturated heterocycles. The van der Waals surface area contributed by atoms with Gasteiger partial charge in [0.05, 0.1) is 5.56 Å². The van der Waals surface area contributed by atoms with Crippen molar-refractivity contribution in [3.63, 3.8) is 0 Å². The molecule has 0 fully saturated rings. The molecule has 0 amide bonds. The molecule has 0 N–H and O–H groups in total. The third-order valence-corrected chi connectivity index (χ3v) is 3.96. The number of hydrogen-bond donors (Lipinski definition) is 0. The monoisotopic (exact) mass is 278 g/mol. The molecule has 2 rings (SSSR count). The van der Waals surface area contributed by atoms with E-state index in [1.165, 1.54) is 30.0 Å². The zero-order chi connectivity index (χ0) is 13.8. The summed E-state index contributed by atoms with van der Waals surface area (Å²) in [5, 5.41) is 0. The Balaban J connectivity index is 2.12. The Morgan fingerprint density at radius 2 is 2.00 bits per heavy atom. The van der Waals surface area contributed by atoms with E-state index in [-0.39, 0.29) is 11.3 Å². The highest BCUT2D eigenvalue weighted by atomic mass is 32.1. The molecule has 0 atom stereocenters. The van der Waals surface area contributed by atoms with Gasteiger partial charge in [-0.3, -0.25) is 4.79 Å². The lowest BCUT2D eigenvalue weighted by molar-refractivity contribution is 0.101. The summed E-state index contributed by atoms with van der Waals surface area (Å²) in [6, 6.07) is 8.10. The van der Waals surface area contributed by atoms with E-state index in [9.17, 15) is 9.18 Å². The fraction of sp³-hybridized carbons (Fsp3) is 0.267. The fourth-order valence-electron chi connectivity index (χ4n) is 1.74. The Bertz CT molecular complexity index is 590. The number of carbonyl (C=O) groups excluding carboxylic acids is 1. The molecule has 4 heteroatoms. The number of halogens is 1. The summed E-state index contributed by atoms with van der Waals surface area (Å²) in [6.07, 6.45) is 1.000. The Labute approximate surface area is 115 Å². The van der Waals surface area contributed by atoms with Crippen molar-refractivity contribution in [3.8, 4) is 5.75 Å². The summed E-state index contributed by atoms with van der Waals surface area (Å²) in [7, 11) is 0. The molecule has 1 aromatic carbocycles. The van der Waals surface area contributed by atoms with Crippen LogP contribution in [0.15, 0.2) is 30.3 Å². The maximum absolute atomic E-state index is 13.1. The van der Waals surface area contributed by atoms with E-state index in [4.69, 9.17) is 4.74 Å². The van der Waals surface area contributed by atoms with Crippen molar-refractivity contribution < 1.29 is 13.9 Å². The molecule has 0 aliphatic rings. The summed E-state index contributed by atoms with van der Waals surface area (Å²) in [5.74, 6) is -0.197. The number of aryl methyl sites for hydroxylation is 1. The van der Waals surface area contributed by atoms with E-state index in [1.54, 1.807) is 11.3 Å². The average molecular weight is 278 g/mol. The van der Waals surface area contributed by atoms with Crippen molar-refractivity contribution in [1.82, 2.24) is 0 Å². The van der Waals surface area contributed by atoms with Crippen molar-refractivity contribution in [2.75, 3.05) is 0 Å². The van der Waals surface area contributed by atoms with Crippen molar-refractivity contribution in [2.24, 2.45) is 0 Å². The highest BCUT2D eigenvalue weighted by Crippen LogP contribution is 2.23. The lowest BCUT2D eigenvalue weighted by Gasteiger charge is -2.08.